The normalized spacial score (nSPS) is 14.4. The predicted molar refractivity (Wildman–Crippen MR) is 96.9 cm³/mol. The molecule has 2 heterocycles. The number of hydrogen-bond acceptors (Lipinski definition) is 5. The minimum atomic E-state index is -0.0142. The number of amides is 1. The van der Waals surface area contributed by atoms with E-state index in [1.807, 2.05) is 17.0 Å². The van der Waals surface area contributed by atoms with Crippen LogP contribution in [0.5, 0.6) is 11.5 Å². The highest BCUT2D eigenvalue weighted by Crippen LogP contribution is 2.28. The van der Waals surface area contributed by atoms with Crippen molar-refractivity contribution in [3.8, 4) is 11.5 Å². The van der Waals surface area contributed by atoms with Gasteiger partial charge in [-0.05, 0) is 30.3 Å². The summed E-state index contributed by atoms with van der Waals surface area (Å²) in [5.41, 5.74) is 0.590. The molecule has 6 nitrogen and oxygen atoms in total. The average Bonchev–Trinajstić information content (AvgIpc) is 2.67. The number of ether oxygens (including phenoxy) is 2. The van der Waals surface area contributed by atoms with Crippen molar-refractivity contribution in [3.63, 3.8) is 0 Å². The van der Waals surface area contributed by atoms with Crippen LogP contribution < -0.4 is 14.4 Å². The van der Waals surface area contributed by atoms with Gasteiger partial charge in [-0.25, -0.2) is 4.98 Å². The van der Waals surface area contributed by atoms with E-state index in [4.69, 9.17) is 21.1 Å². The van der Waals surface area contributed by atoms with E-state index >= 15 is 0 Å². The molecule has 1 amide bonds. The number of piperazine rings is 1. The van der Waals surface area contributed by atoms with Gasteiger partial charge in [-0.3, -0.25) is 4.79 Å². The number of pyridine rings is 1. The van der Waals surface area contributed by atoms with Crippen LogP contribution in [0, 0.1) is 0 Å². The largest absolute Gasteiger partial charge is 0.493 e. The molecule has 0 aliphatic carbocycles. The molecule has 3 rings (SSSR count). The van der Waals surface area contributed by atoms with E-state index < -0.39 is 0 Å². The fraction of sp³-hybridized carbons (Fsp3) is 0.333. The van der Waals surface area contributed by atoms with Crippen LogP contribution in [0.1, 0.15) is 10.4 Å². The summed E-state index contributed by atoms with van der Waals surface area (Å²) in [7, 11) is 3.13. The Hall–Kier alpha value is -2.47. The van der Waals surface area contributed by atoms with E-state index in [1.165, 1.54) is 0 Å². The molecule has 0 saturated carbocycles. The van der Waals surface area contributed by atoms with Crippen molar-refractivity contribution in [3.05, 3.63) is 47.1 Å². The molecule has 1 saturated heterocycles. The highest BCUT2D eigenvalue weighted by molar-refractivity contribution is 6.29. The molecule has 25 heavy (non-hydrogen) atoms. The molecule has 1 fully saturated rings. The van der Waals surface area contributed by atoms with Crippen molar-refractivity contribution >= 4 is 23.3 Å². The maximum absolute atomic E-state index is 12.7. The average molecular weight is 362 g/mol. The Morgan fingerprint density at radius 3 is 2.40 bits per heavy atom. The number of carbonyl (C=O) groups is 1. The number of aromatic nitrogens is 1. The molecule has 0 N–H and O–H groups in total. The summed E-state index contributed by atoms with van der Waals surface area (Å²) < 4.78 is 10.5. The van der Waals surface area contributed by atoms with Crippen molar-refractivity contribution < 1.29 is 14.3 Å². The Balaban J connectivity index is 1.67. The lowest BCUT2D eigenvalue weighted by Gasteiger charge is -2.35. The number of hydrogen-bond donors (Lipinski definition) is 0. The van der Waals surface area contributed by atoms with Crippen molar-refractivity contribution in [1.82, 2.24) is 9.88 Å². The van der Waals surface area contributed by atoms with Crippen molar-refractivity contribution in [1.29, 1.82) is 0 Å². The van der Waals surface area contributed by atoms with Gasteiger partial charge in [0.15, 0.2) is 11.5 Å². The van der Waals surface area contributed by atoms with Gasteiger partial charge in [0.25, 0.3) is 5.91 Å². The molecular weight excluding hydrogens is 342 g/mol. The van der Waals surface area contributed by atoms with E-state index in [9.17, 15) is 4.79 Å². The third-order valence-corrected chi connectivity index (χ3v) is 4.43. The summed E-state index contributed by atoms with van der Waals surface area (Å²) in [6.07, 6.45) is 0. The molecule has 2 aromatic rings. The standard InChI is InChI=1S/C18H20ClN3O3/c1-24-14-7-6-13(12-15(14)25-2)18(23)22-10-8-21(9-11-22)17-5-3-4-16(19)20-17/h3-7,12H,8-11H2,1-2H3. The predicted octanol–water partition coefficient (Wildman–Crippen LogP) is 2.71. The van der Waals surface area contributed by atoms with Crippen LogP contribution >= 0.6 is 11.6 Å². The number of anilines is 1. The van der Waals surface area contributed by atoms with Crippen LogP contribution in [0.2, 0.25) is 5.15 Å². The summed E-state index contributed by atoms with van der Waals surface area (Å²) in [5, 5.41) is 0.473. The number of halogens is 1. The van der Waals surface area contributed by atoms with Gasteiger partial charge < -0.3 is 19.3 Å². The second-order valence-electron chi connectivity index (χ2n) is 5.67. The number of rotatable bonds is 4. The van der Waals surface area contributed by atoms with E-state index in [2.05, 4.69) is 9.88 Å². The number of benzene rings is 1. The van der Waals surface area contributed by atoms with E-state index in [0.717, 1.165) is 5.82 Å². The molecule has 0 atom stereocenters. The SMILES string of the molecule is COc1ccc(C(=O)N2CCN(c3cccc(Cl)n3)CC2)cc1OC. The van der Waals surface area contributed by atoms with Crippen LogP contribution in [-0.4, -0.2) is 56.2 Å². The van der Waals surface area contributed by atoms with Gasteiger partial charge >= 0.3 is 0 Å². The summed E-state index contributed by atoms with van der Waals surface area (Å²) in [4.78, 5) is 21.0. The molecule has 0 unspecified atom stereocenters. The lowest BCUT2D eigenvalue weighted by atomic mass is 10.1. The van der Waals surface area contributed by atoms with Crippen LogP contribution in [0.15, 0.2) is 36.4 Å². The minimum absolute atomic E-state index is 0.0142. The number of methoxy groups -OCH3 is 2. The third-order valence-electron chi connectivity index (χ3n) is 4.22. The maximum atomic E-state index is 12.7. The number of carbonyl (C=O) groups excluding carboxylic acids is 1. The fourth-order valence-corrected chi connectivity index (χ4v) is 3.02. The van der Waals surface area contributed by atoms with Crippen LogP contribution in [0.25, 0.3) is 0 Å². The zero-order chi connectivity index (χ0) is 17.8. The molecule has 1 aromatic carbocycles. The highest BCUT2D eigenvalue weighted by Gasteiger charge is 2.23. The van der Waals surface area contributed by atoms with Crippen LogP contribution in [0.3, 0.4) is 0 Å². The zero-order valence-corrected chi connectivity index (χ0v) is 15.0. The van der Waals surface area contributed by atoms with Gasteiger partial charge in [-0.2, -0.15) is 0 Å². The fourth-order valence-electron chi connectivity index (χ4n) is 2.86. The second kappa shape index (κ2) is 7.61. The van der Waals surface area contributed by atoms with Crippen molar-refractivity contribution in [2.75, 3.05) is 45.3 Å². The Bertz CT molecular complexity index is 761. The second-order valence-corrected chi connectivity index (χ2v) is 6.05. The minimum Gasteiger partial charge on any atom is -0.493 e. The molecule has 0 spiro atoms. The summed E-state index contributed by atoms with van der Waals surface area (Å²) in [5.74, 6) is 1.98. The van der Waals surface area contributed by atoms with Crippen molar-refractivity contribution in [2.24, 2.45) is 0 Å². The highest BCUT2D eigenvalue weighted by atomic mass is 35.5. The first-order valence-corrected chi connectivity index (χ1v) is 8.39. The molecule has 0 bridgehead atoms. The van der Waals surface area contributed by atoms with Gasteiger partial charge in [-0.15, -0.1) is 0 Å². The molecular formula is C18H20ClN3O3. The zero-order valence-electron chi connectivity index (χ0n) is 14.2. The Morgan fingerprint density at radius 1 is 1.04 bits per heavy atom. The molecule has 7 heteroatoms. The summed E-state index contributed by atoms with van der Waals surface area (Å²) in [6, 6.07) is 10.8. The Morgan fingerprint density at radius 2 is 1.76 bits per heavy atom. The topological polar surface area (TPSA) is 54.9 Å². The summed E-state index contributed by atoms with van der Waals surface area (Å²) >= 11 is 5.95. The monoisotopic (exact) mass is 361 g/mol. The number of nitrogens with zero attached hydrogens (tertiary/aromatic N) is 3. The Kier molecular flexibility index (Phi) is 5.28. The maximum Gasteiger partial charge on any atom is 0.254 e. The smallest absolute Gasteiger partial charge is 0.254 e. The van der Waals surface area contributed by atoms with E-state index in [0.29, 0.717) is 48.4 Å². The molecule has 1 aromatic heterocycles. The van der Waals surface area contributed by atoms with E-state index in [1.54, 1.807) is 38.5 Å². The van der Waals surface area contributed by atoms with Crippen molar-refractivity contribution in [2.45, 2.75) is 0 Å². The first-order chi connectivity index (χ1) is 12.1. The lowest BCUT2D eigenvalue weighted by Crippen LogP contribution is -2.49. The van der Waals surface area contributed by atoms with Gasteiger partial charge in [0.1, 0.15) is 11.0 Å². The first kappa shape index (κ1) is 17.4. The van der Waals surface area contributed by atoms with Gasteiger partial charge in [0.2, 0.25) is 0 Å². The van der Waals surface area contributed by atoms with Gasteiger partial charge in [0.05, 0.1) is 14.2 Å². The lowest BCUT2D eigenvalue weighted by molar-refractivity contribution is 0.0746. The van der Waals surface area contributed by atoms with Crippen LogP contribution in [0.4, 0.5) is 5.82 Å². The van der Waals surface area contributed by atoms with Gasteiger partial charge in [0, 0.05) is 31.7 Å². The first-order valence-electron chi connectivity index (χ1n) is 8.01. The molecule has 1 aliphatic heterocycles. The molecule has 1 aliphatic rings. The Labute approximate surface area is 151 Å². The third kappa shape index (κ3) is 3.79. The quantitative estimate of drug-likeness (QED) is 0.784. The van der Waals surface area contributed by atoms with Crippen LogP contribution in [-0.2, 0) is 0 Å². The molecule has 132 valence electrons. The molecule has 0 radical (unpaired) electrons. The van der Waals surface area contributed by atoms with E-state index in [-0.39, 0.29) is 5.91 Å². The van der Waals surface area contributed by atoms with Gasteiger partial charge in [-0.1, -0.05) is 17.7 Å². The summed E-state index contributed by atoms with van der Waals surface area (Å²) in [6.45, 7) is 2.68.